The first-order valence-corrected chi connectivity index (χ1v) is 5.46. The summed E-state index contributed by atoms with van der Waals surface area (Å²) >= 11 is 0. The molecule has 1 atom stereocenters. The Morgan fingerprint density at radius 3 is 2.69 bits per heavy atom. The second kappa shape index (κ2) is 2.94. The third kappa shape index (κ3) is 1.22. The Morgan fingerprint density at radius 1 is 1.31 bits per heavy atom. The van der Waals surface area contributed by atoms with Crippen LogP contribution in [0.25, 0.3) is 0 Å². The van der Waals surface area contributed by atoms with E-state index in [-0.39, 0.29) is 5.60 Å². The molecule has 1 N–H and O–H groups in total. The molecule has 0 saturated carbocycles. The van der Waals surface area contributed by atoms with Gasteiger partial charge in [-0.25, -0.2) is 0 Å². The Labute approximate surface area is 79.4 Å². The molecule has 4 saturated heterocycles. The third-order valence-corrected chi connectivity index (χ3v) is 3.92. The van der Waals surface area contributed by atoms with Gasteiger partial charge in [0.1, 0.15) is 0 Å². The van der Waals surface area contributed by atoms with Crippen molar-refractivity contribution in [2.45, 2.75) is 18.4 Å². The molecule has 0 aliphatic carbocycles. The van der Waals surface area contributed by atoms with Crippen molar-refractivity contribution in [3.63, 3.8) is 0 Å². The summed E-state index contributed by atoms with van der Waals surface area (Å²) < 4.78 is 6.04. The van der Waals surface area contributed by atoms with Gasteiger partial charge in [0.2, 0.25) is 0 Å². The summed E-state index contributed by atoms with van der Waals surface area (Å²) in [5.41, 5.74) is 0.189. The molecule has 2 bridgehead atoms. The van der Waals surface area contributed by atoms with Crippen molar-refractivity contribution in [1.29, 1.82) is 0 Å². The number of fused-ring (bicyclic) bond motifs is 2. The molecule has 0 unspecified atom stereocenters. The van der Waals surface area contributed by atoms with Gasteiger partial charge in [-0.15, -0.1) is 0 Å². The van der Waals surface area contributed by atoms with E-state index in [2.05, 4.69) is 10.2 Å². The largest absolute Gasteiger partial charge is 0.371 e. The Morgan fingerprint density at radius 2 is 2.15 bits per heavy atom. The molecule has 0 aromatic rings. The summed E-state index contributed by atoms with van der Waals surface area (Å²) in [6.45, 7) is 6.79. The van der Waals surface area contributed by atoms with Crippen molar-refractivity contribution in [2.75, 3.05) is 39.3 Å². The number of hydrogen-bond acceptors (Lipinski definition) is 3. The van der Waals surface area contributed by atoms with Crippen LogP contribution in [0.15, 0.2) is 0 Å². The summed E-state index contributed by atoms with van der Waals surface area (Å²) in [5, 5.41) is 3.48. The van der Waals surface area contributed by atoms with Crippen LogP contribution in [0.5, 0.6) is 0 Å². The van der Waals surface area contributed by atoms with Crippen molar-refractivity contribution < 1.29 is 4.74 Å². The van der Waals surface area contributed by atoms with Crippen LogP contribution in [-0.2, 0) is 4.74 Å². The number of rotatable bonds is 0. The van der Waals surface area contributed by atoms with Crippen LogP contribution in [-0.4, -0.2) is 49.8 Å². The van der Waals surface area contributed by atoms with Gasteiger partial charge >= 0.3 is 0 Å². The number of nitrogens with zero attached hydrogens (tertiary/aromatic N) is 1. The maximum atomic E-state index is 6.04. The fourth-order valence-corrected chi connectivity index (χ4v) is 3.17. The molecule has 13 heavy (non-hydrogen) atoms. The highest BCUT2D eigenvalue weighted by Crippen LogP contribution is 2.38. The molecule has 3 nitrogen and oxygen atoms in total. The lowest BCUT2D eigenvalue weighted by Crippen LogP contribution is -2.66. The molecule has 4 heterocycles. The van der Waals surface area contributed by atoms with Crippen molar-refractivity contribution in [1.82, 2.24) is 10.2 Å². The SMILES string of the molecule is C1CO[C@@]2(CN1)CN1CCC2CC1. The molecule has 74 valence electrons. The van der Waals surface area contributed by atoms with E-state index in [1.165, 1.54) is 32.5 Å². The van der Waals surface area contributed by atoms with Gasteiger partial charge in [-0.3, -0.25) is 0 Å². The lowest BCUT2D eigenvalue weighted by atomic mass is 9.74. The molecule has 0 amide bonds. The predicted octanol–water partition coefficient (Wildman–Crippen LogP) is 0.0706. The summed E-state index contributed by atoms with van der Waals surface area (Å²) in [6, 6.07) is 0. The maximum absolute atomic E-state index is 6.04. The molecule has 4 aliphatic heterocycles. The fraction of sp³-hybridized carbons (Fsp3) is 1.00. The number of ether oxygens (including phenoxy) is 1. The van der Waals surface area contributed by atoms with Gasteiger partial charge in [-0.05, 0) is 31.8 Å². The van der Waals surface area contributed by atoms with E-state index >= 15 is 0 Å². The average Bonchev–Trinajstić information content (AvgIpc) is 2.20. The lowest BCUT2D eigenvalue weighted by Gasteiger charge is -2.54. The highest BCUT2D eigenvalue weighted by molar-refractivity contribution is 5.02. The second-order valence-corrected chi connectivity index (χ2v) is 4.64. The summed E-state index contributed by atoms with van der Waals surface area (Å²) in [7, 11) is 0. The van der Waals surface area contributed by atoms with Gasteiger partial charge in [0, 0.05) is 19.6 Å². The minimum absolute atomic E-state index is 0.189. The lowest BCUT2D eigenvalue weighted by molar-refractivity contribution is -0.163. The van der Waals surface area contributed by atoms with E-state index in [1.54, 1.807) is 0 Å². The fourth-order valence-electron chi connectivity index (χ4n) is 3.17. The van der Waals surface area contributed by atoms with E-state index in [0.717, 1.165) is 25.6 Å². The summed E-state index contributed by atoms with van der Waals surface area (Å²) in [5.74, 6) is 0.824. The number of hydrogen-bond donors (Lipinski definition) is 1. The van der Waals surface area contributed by atoms with Gasteiger partial charge in [-0.1, -0.05) is 0 Å². The Kier molecular flexibility index (Phi) is 1.86. The highest BCUT2D eigenvalue weighted by Gasteiger charge is 2.48. The standard InChI is InChI=1S/C10H18N2O/c1-4-12-5-2-9(1)10(8-12)7-11-3-6-13-10/h9,11H,1-8H2/t10-/m0/s1. The van der Waals surface area contributed by atoms with E-state index in [1.807, 2.05) is 0 Å². The quantitative estimate of drug-likeness (QED) is 0.574. The van der Waals surface area contributed by atoms with E-state index < -0.39 is 0 Å². The van der Waals surface area contributed by atoms with Crippen LogP contribution in [0, 0.1) is 5.92 Å². The Bertz CT molecular complexity index is 193. The van der Waals surface area contributed by atoms with Crippen molar-refractivity contribution >= 4 is 0 Å². The highest BCUT2D eigenvalue weighted by atomic mass is 16.5. The van der Waals surface area contributed by atoms with Gasteiger partial charge in [0.25, 0.3) is 0 Å². The van der Waals surface area contributed by atoms with Crippen LogP contribution < -0.4 is 5.32 Å². The van der Waals surface area contributed by atoms with E-state index in [4.69, 9.17) is 4.74 Å². The van der Waals surface area contributed by atoms with Crippen LogP contribution in [0.3, 0.4) is 0 Å². The molecule has 0 aromatic carbocycles. The minimum atomic E-state index is 0.189. The second-order valence-electron chi connectivity index (χ2n) is 4.64. The zero-order valence-electron chi connectivity index (χ0n) is 8.09. The smallest absolute Gasteiger partial charge is 0.0961 e. The van der Waals surface area contributed by atoms with Crippen molar-refractivity contribution in [3.05, 3.63) is 0 Å². The zero-order valence-corrected chi connectivity index (χ0v) is 8.09. The molecular weight excluding hydrogens is 164 g/mol. The normalized spacial score (nSPS) is 49.8. The van der Waals surface area contributed by atoms with Gasteiger partial charge in [0.05, 0.1) is 12.2 Å². The maximum Gasteiger partial charge on any atom is 0.0961 e. The number of nitrogens with one attached hydrogen (secondary N) is 1. The first-order valence-electron chi connectivity index (χ1n) is 5.46. The van der Waals surface area contributed by atoms with E-state index in [9.17, 15) is 0 Å². The summed E-state index contributed by atoms with van der Waals surface area (Å²) in [4.78, 5) is 2.56. The number of piperidine rings is 3. The van der Waals surface area contributed by atoms with Gasteiger partial charge < -0.3 is 15.0 Å². The topological polar surface area (TPSA) is 24.5 Å². The molecular formula is C10H18N2O. The van der Waals surface area contributed by atoms with Crippen molar-refractivity contribution in [2.24, 2.45) is 5.92 Å². The van der Waals surface area contributed by atoms with Crippen LogP contribution in [0.4, 0.5) is 0 Å². The monoisotopic (exact) mass is 182 g/mol. The molecule has 1 spiro atoms. The Balaban J connectivity index is 1.81. The van der Waals surface area contributed by atoms with Crippen molar-refractivity contribution in [3.8, 4) is 0 Å². The Hall–Kier alpha value is -0.120. The van der Waals surface area contributed by atoms with Crippen LogP contribution >= 0.6 is 0 Å². The zero-order chi connectivity index (χ0) is 8.73. The molecule has 4 aliphatic rings. The first kappa shape index (κ1) is 8.21. The average molecular weight is 182 g/mol. The molecule has 0 aromatic heterocycles. The van der Waals surface area contributed by atoms with Gasteiger partial charge in [-0.2, -0.15) is 0 Å². The molecule has 3 heteroatoms. The van der Waals surface area contributed by atoms with Gasteiger partial charge in [0.15, 0.2) is 0 Å². The molecule has 0 radical (unpaired) electrons. The number of morpholine rings is 1. The predicted molar refractivity (Wildman–Crippen MR) is 50.7 cm³/mol. The van der Waals surface area contributed by atoms with E-state index in [0.29, 0.717) is 0 Å². The third-order valence-electron chi connectivity index (χ3n) is 3.92. The first-order chi connectivity index (χ1) is 6.39. The van der Waals surface area contributed by atoms with Crippen LogP contribution in [0.2, 0.25) is 0 Å². The summed E-state index contributed by atoms with van der Waals surface area (Å²) in [6.07, 6.45) is 2.70. The minimum Gasteiger partial charge on any atom is -0.371 e. The van der Waals surface area contributed by atoms with Crippen LogP contribution in [0.1, 0.15) is 12.8 Å². The molecule has 4 fully saturated rings. The molecule has 4 rings (SSSR count).